The molecule has 136 valence electrons. The zero-order valence-electron chi connectivity index (χ0n) is 14.7. The van der Waals surface area contributed by atoms with E-state index in [1.807, 2.05) is 4.90 Å². The number of morpholine rings is 1. The highest BCUT2D eigenvalue weighted by Gasteiger charge is 2.40. The summed E-state index contributed by atoms with van der Waals surface area (Å²) in [4.78, 5) is 30.5. The predicted octanol–water partition coefficient (Wildman–Crippen LogP) is 0.346. The number of hydrogen-bond donors (Lipinski definition) is 1. The van der Waals surface area contributed by atoms with Gasteiger partial charge in [0, 0.05) is 45.3 Å². The van der Waals surface area contributed by atoms with E-state index in [1.165, 1.54) is 0 Å². The zero-order chi connectivity index (χ0) is 17.1. The van der Waals surface area contributed by atoms with E-state index in [4.69, 9.17) is 10.5 Å². The first-order valence-corrected chi connectivity index (χ1v) is 9.25. The van der Waals surface area contributed by atoms with Crippen molar-refractivity contribution in [3.8, 4) is 0 Å². The Kier molecular flexibility index (Phi) is 5.61. The van der Waals surface area contributed by atoms with Crippen molar-refractivity contribution in [2.75, 3.05) is 52.5 Å². The van der Waals surface area contributed by atoms with E-state index in [2.05, 4.69) is 11.8 Å². The van der Waals surface area contributed by atoms with Crippen LogP contribution in [0.5, 0.6) is 0 Å². The van der Waals surface area contributed by atoms with Crippen LogP contribution in [0.4, 0.5) is 4.79 Å². The van der Waals surface area contributed by atoms with Gasteiger partial charge in [-0.15, -0.1) is 0 Å². The lowest BCUT2D eigenvalue weighted by molar-refractivity contribution is -0.136. The lowest BCUT2D eigenvalue weighted by Gasteiger charge is -2.35. The van der Waals surface area contributed by atoms with Gasteiger partial charge < -0.3 is 20.3 Å². The number of rotatable bonds is 3. The predicted molar refractivity (Wildman–Crippen MR) is 90.4 cm³/mol. The van der Waals surface area contributed by atoms with Crippen molar-refractivity contribution in [1.82, 2.24) is 14.7 Å². The van der Waals surface area contributed by atoms with Gasteiger partial charge in [-0.25, -0.2) is 4.79 Å². The molecule has 24 heavy (non-hydrogen) atoms. The highest BCUT2D eigenvalue weighted by atomic mass is 16.5. The lowest BCUT2D eigenvalue weighted by atomic mass is 9.97. The Morgan fingerprint density at radius 3 is 2.50 bits per heavy atom. The Morgan fingerprint density at radius 2 is 1.83 bits per heavy atom. The monoisotopic (exact) mass is 338 g/mol. The number of nitrogens with zero attached hydrogens (tertiary/aromatic N) is 3. The minimum Gasteiger partial charge on any atom is -0.379 e. The molecule has 3 heterocycles. The average molecular weight is 338 g/mol. The number of carbonyl (C=O) groups is 2. The van der Waals surface area contributed by atoms with Crippen LogP contribution in [0.2, 0.25) is 0 Å². The Bertz CT molecular complexity index is 467. The molecule has 0 aliphatic carbocycles. The molecule has 3 amide bonds. The number of amides is 3. The fraction of sp³-hybridized carbons (Fsp3) is 0.882. The summed E-state index contributed by atoms with van der Waals surface area (Å²) in [5.41, 5.74) is 5.39. The molecule has 3 atom stereocenters. The second-order valence-electron chi connectivity index (χ2n) is 7.25. The van der Waals surface area contributed by atoms with Crippen LogP contribution in [0.3, 0.4) is 0 Å². The molecular formula is C17H30N4O3. The van der Waals surface area contributed by atoms with E-state index in [0.717, 1.165) is 58.7 Å². The van der Waals surface area contributed by atoms with Gasteiger partial charge in [-0.2, -0.15) is 0 Å². The Balaban J connectivity index is 1.62. The molecular weight excluding hydrogens is 308 g/mol. The number of likely N-dealkylation sites (tertiary alicyclic amines) is 2. The van der Waals surface area contributed by atoms with Crippen molar-refractivity contribution in [3.63, 3.8) is 0 Å². The normalized spacial score (nSPS) is 32.1. The molecule has 3 saturated heterocycles. The smallest absolute Gasteiger partial charge is 0.314 e. The van der Waals surface area contributed by atoms with Crippen molar-refractivity contribution in [2.24, 2.45) is 17.6 Å². The molecule has 7 heteroatoms. The maximum Gasteiger partial charge on any atom is 0.314 e. The van der Waals surface area contributed by atoms with E-state index in [-0.39, 0.29) is 11.8 Å². The SMILES string of the molecule is CC[C@@H]1CN(C(=O)[C@H]2CCCN(C(N)=O)C2)C[C@@H]1N1CCOCC1. The summed E-state index contributed by atoms with van der Waals surface area (Å²) in [6.07, 6.45) is 2.80. The topological polar surface area (TPSA) is 79.1 Å². The fourth-order valence-electron chi connectivity index (χ4n) is 4.40. The maximum absolute atomic E-state index is 13.0. The van der Waals surface area contributed by atoms with Crippen LogP contribution < -0.4 is 5.73 Å². The molecule has 0 unspecified atom stereocenters. The van der Waals surface area contributed by atoms with Crippen molar-refractivity contribution < 1.29 is 14.3 Å². The number of ether oxygens (including phenoxy) is 1. The highest BCUT2D eigenvalue weighted by Crippen LogP contribution is 2.28. The first-order chi connectivity index (χ1) is 11.6. The number of piperidine rings is 1. The third kappa shape index (κ3) is 3.67. The average Bonchev–Trinajstić information content (AvgIpc) is 3.06. The second kappa shape index (κ2) is 7.70. The van der Waals surface area contributed by atoms with Crippen molar-refractivity contribution in [3.05, 3.63) is 0 Å². The highest BCUT2D eigenvalue weighted by molar-refractivity contribution is 5.81. The molecule has 0 aromatic heterocycles. The largest absolute Gasteiger partial charge is 0.379 e. The first kappa shape index (κ1) is 17.5. The summed E-state index contributed by atoms with van der Waals surface area (Å²) in [5, 5.41) is 0. The molecule has 0 bridgehead atoms. The van der Waals surface area contributed by atoms with Gasteiger partial charge in [0.15, 0.2) is 0 Å². The van der Waals surface area contributed by atoms with Crippen LogP contribution in [0.15, 0.2) is 0 Å². The molecule has 2 N–H and O–H groups in total. The summed E-state index contributed by atoms with van der Waals surface area (Å²) in [6.45, 7) is 8.51. The van der Waals surface area contributed by atoms with Gasteiger partial charge in [0.1, 0.15) is 0 Å². The first-order valence-electron chi connectivity index (χ1n) is 9.25. The Morgan fingerprint density at radius 1 is 1.08 bits per heavy atom. The van der Waals surface area contributed by atoms with Gasteiger partial charge in [0.2, 0.25) is 5.91 Å². The van der Waals surface area contributed by atoms with Crippen molar-refractivity contribution in [1.29, 1.82) is 0 Å². The van der Waals surface area contributed by atoms with Gasteiger partial charge in [0.05, 0.1) is 19.1 Å². The lowest BCUT2D eigenvalue weighted by Crippen LogP contribution is -2.49. The molecule has 7 nitrogen and oxygen atoms in total. The van der Waals surface area contributed by atoms with Gasteiger partial charge in [-0.05, 0) is 18.8 Å². The number of hydrogen-bond acceptors (Lipinski definition) is 4. The third-order valence-electron chi connectivity index (χ3n) is 5.84. The summed E-state index contributed by atoms with van der Waals surface area (Å²) in [6, 6.07) is 0.0326. The molecule has 0 aromatic carbocycles. The second-order valence-corrected chi connectivity index (χ2v) is 7.25. The van der Waals surface area contributed by atoms with Crippen LogP contribution in [0.25, 0.3) is 0 Å². The van der Waals surface area contributed by atoms with Gasteiger partial charge in [0.25, 0.3) is 0 Å². The summed E-state index contributed by atoms with van der Waals surface area (Å²) in [5.74, 6) is 0.644. The van der Waals surface area contributed by atoms with E-state index >= 15 is 0 Å². The van der Waals surface area contributed by atoms with E-state index in [9.17, 15) is 9.59 Å². The molecule has 0 aromatic rings. The van der Waals surface area contributed by atoms with Crippen LogP contribution in [-0.4, -0.2) is 85.2 Å². The minimum absolute atomic E-state index is 0.0906. The van der Waals surface area contributed by atoms with E-state index in [0.29, 0.717) is 25.0 Å². The minimum atomic E-state index is -0.411. The molecule has 3 aliphatic heterocycles. The fourth-order valence-corrected chi connectivity index (χ4v) is 4.40. The van der Waals surface area contributed by atoms with Gasteiger partial charge in [-0.3, -0.25) is 9.69 Å². The van der Waals surface area contributed by atoms with Crippen LogP contribution in [0, 0.1) is 11.8 Å². The quantitative estimate of drug-likeness (QED) is 0.805. The zero-order valence-corrected chi connectivity index (χ0v) is 14.7. The Hall–Kier alpha value is -1.34. The third-order valence-corrected chi connectivity index (χ3v) is 5.84. The summed E-state index contributed by atoms with van der Waals surface area (Å²) < 4.78 is 5.46. The van der Waals surface area contributed by atoms with Crippen LogP contribution >= 0.6 is 0 Å². The molecule has 0 saturated carbocycles. The van der Waals surface area contributed by atoms with Crippen LogP contribution in [0.1, 0.15) is 26.2 Å². The van der Waals surface area contributed by atoms with Crippen molar-refractivity contribution in [2.45, 2.75) is 32.2 Å². The number of nitrogens with two attached hydrogens (primary N) is 1. The maximum atomic E-state index is 13.0. The summed E-state index contributed by atoms with van der Waals surface area (Å²) in [7, 11) is 0. The van der Waals surface area contributed by atoms with Crippen molar-refractivity contribution >= 4 is 11.9 Å². The van der Waals surface area contributed by atoms with E-state index in [1.54, 1.807) is 4.90 Å². The standard InChI is InChI=1S/C17H30N4O3/c1-2-13-10-21(12-15(13)19-6-8-24-9-7-19)16(22)14-4-3-5-20(11-14)17(18)23/h13-15H,2-12H2,1H3,(H2,18,23)/t13-,14+,15+/m1/s1. The molecule has 3 aliphatic rings. The summed E-state index contributed by atoms with van der Waals surface area (Å²) >= 11 is 0. The number of urea groups is 1. The van der Waals surface area contributed by atoms with E-state index < -0.39 is 6.03 Å². The Labute approximate surface area is 144 Å². The van der Waals surface area contributed by atoms with Crippen LogP contribution in [-0.2, 0) is 9.53 Å². The number of carbonyl (C=O) groups excluding carboxylic acids is 2. The number of primary amides is 1. The van der Waals surface area contributed by atoms with Gasteiger partial charge in [-0.1, -0.05) is 13.3 Å². The molecule has 0 radical (unpaired) electrons. The molecule has 0 spiro atoms. The molecule has 3 fully saturated rings. The molecule has 3 rings (SSSR count). The van der Waals surface area contributed by atoms with Gasteiger partial charge >= 0.3 is 6.03 Å².